The van der Waals surface area contributed by atoms with E-state index in [1.54, 1.807) is 0 Å². The molecule has 0 radical (unpaired) electrons. The van der Waals surface area contributed by atoms with Crippen molar-refractivity contribution >= 4 is 55.1 Å². The van der Waals surface area contributed by atoms with Gasteiger partial charge in [-0.3, -0.25) is 10.2 Å². The monoisotopic (exact) mass is 518 g/mol. The molecule has 0 spiro atoms. The maximum Gasteiger partial charge on any atom is 1.00 e. The molecular formula is C16H9ClN2Na2O9S2. The molecule has 1 aliphatic carbocycles. The molecule has 0 aliphatic heterocycles. The minimum Gasteiger partial charge on any atom is -0.744 e. The molecular weight excluding hydrogens is 510 g/mol. The van der Waals surface area contributed by atoms with E-state index in [9.17, 15) is 40.9 Å². The standard InChI is InChI=1S/C16H11ClN2O9S2.2Na/c17-8-1-2-11(20)10(5-8)18-19-15-13(30(26,27)28)4-7-3-9(29(23,24)25)6-12(21)14(7)16(15)22;;/h1-6,18,20-21H,(H,23,24,25)(H,26,27,28);;/q;2*+1/p-2/b19-15+;;. The first-order chi connectivity index (χ1) is 13.8. The van der Waals surface area contributed by atoms with Crippen LogP contribution in [0.5, 0.6) is 11.5 Å². The Morgan fingerprint density at radius 3 is 2.12 bits per heavy atom. The minimum absolute atomic E-state index is 0. The summed E-state index contributed by atoms with van der Waals surface area (Å²) in [6.07, 6.45) is 0.603. The largest absolute Gasteiger partial charge is 1.00 e. The molecule has 0 atom stereocenters. The number of phenolic OH excluding ortho intramolecular Hbond substituents is 2. The quantitative estimate of drug-likeness (QED) is 0.153. The molecule has 2 aromatic rings. The molecule has 0 aromatic heterocycles. The molecule has 0 saturated carbocycles. The third-order valence-corrected chi connectivity index (χ3v) is 5.79. The number of hydrogen-bond donors (Lipinski definition) is 3. The van der Waals surface area contributed by atoms with E-state index in [1.165, 1.54) is 18.2 Å². The van der Waals surface area contributed by atoms with E-state index in [4.69, 9.17) is 11.6 Å². The smallest absolute Gasteiger partial charge is 0.744 e. The van der Waals surface area contributed by atoms with Crippen LogP contribution in [0.15, 0.2) is 45.2 Å². The topological polar surface area (TPSA) is 196 Å². The normalized spacial score (nSPS) is 14.7. The number of carbonyl (C=O) groups is 1. The number of Topliss-reactive ketones (excluding diaryl/α,β-unsaturated/α-hetero) is 1. The Bertz CT molecular complexity index is 1370. The number of hydrazone groups is 1. The van der Waals surface area contributed by atoms with Gasteiger partial charge in [0, 0.05) is 5.02 Å². The second kappa shape index (κ2) is 10.5. The first-order valence-electron chi connectivity index (χ1n) is 7.67. The molecule has 0 heterocycles. The molecule has 11 nitrogen and oxygen atoms in total. The summed E-state index contributed by atoms with van der Waals surface area (Å²) in [7, 11) is -10.4. The molecule has 3 rings (SSSR count). The van der Waals surface area contributed by atoms with Gasteiger partial charge in [-0.1, -0.05) is 11.6 Å². The van der Waals surface area contributed by atoms with Gasteiger partial charge in [0.2, 0.25) is 5.78 Å². The number of phenols is 2. The number of fused-ring (bicyclic) bond motifs is 1. The van der Waals surface area contributed by atoms with E-state index in [1.807, 2.05) is 0 Å². The van der Waals surface area contributed by atoms with Crippen molar-refractivity contribution in [2.24, 2.45) is 5.10 Å². The summed E-state index contributed by atoms with van der Waals surface area (Å²) in [5, 5.41) is 23.5. The Kier molecular flexibility index (Phi) is 9.56. The summed E-state index contributed by atoms with van der Waals surface area (Å²) in [5.74, 6) is -2.55. The molecule has 2 aromatic carbocycles. The Balaban J connectivity index is 0.00000256. The number of carbonyl (C=O) groups excluding carboxylic acids is 1. The van der Waals surface area contributed by atoms with Crippen molar-refractivity contribution in [3.8, 4) is 11.5 Å². The summed E-state index contributed by atoms with van der Waals surface area (Å²) in [6.45, 7) is 0. The van der Waals surface area contributed by atoms with Gasteiger partial charge < -0.3 is 19.3 Å². The zero-order chi connectivity index (χ0) is 22.4. The minimum atomic E-state index is -5.31. The number of allylic oxidation sites excluding steroid dienone is 1. The molecule has 0 bridgehead atoms. The third kappa shape index (κ3) is 6.12. The number of rotatable bonds is 4. The van der Waals surface area contributed by atoms with Gasteiger partial charge in [0.05, 0.1) is 21.1 Å². The van der Waals surface area contributed by atoms with Gasteiger partial charge in [-0.05, 0) is 42.0 Å². The van der Waals surface area contributed by atoms with E-state index in [0.29, 0.717) is 18.2 Å². The van der Waals surface area contributed by atoms with Gasteiger partial charge in [0.15, 0.2) is 0 Å². The molecule has 0 unspecified atom stereocenters. The number of anilines is 1. The molecule has 32 heavy (non-hydrogen) atoms. The van der Waals surface area contributed by atoms with Crippen molar-refractivity contribution in [3.63, 3.8) is 0 Å². The molecule has 16 heteroatoms. The van der Waals surface area contributed by atoms with Crippen LogP contribution in [0.1, 0.15) is 15.9 Å². The molecule has 3 N–H and O–H groups in total. The zero-order valence-electron chi connectivity index (χ0n) is 16.4. The third-order valence-electron chi connectivity index (χ3n) is 3.89. The number of hydrogen-bond acceptors (Lipinski definition) is 11. The second-order valence-corrected chi connectivity index (χ2v) is 9.05. The van der Waals surface area contributed by atoms with Gasteiger partial charge in [-0.2, -0.15) is 5.10 Å². The molecule has 158 valence electrons. The second-order valence-electron chi connectivity index (χ2n) is 5.89. The van der Waals surface area contributed by atoms with Crippen LogP contribution in [0.3, 0.4) is 0 Å². The summed E-state index contributed by atoms with van der Waals surface area (Å²) < 4.78 is 68.5. The first-order valence-corrected chi connectivity index (χ1v) is 10.9. The fraction of sp³-hybridized carbons (Fsp3) is 0. The average Bonchev–Trinajstić information content (AvgIpc) is 2.61. The number of aromatic hydroxyl groups is 2. The summed E-state index contributed by atoms with van der Waals surface area (Å²) in [6, 6.07) is 4.87. The van der Waals surface area contributed by atoms with Crippen molar-refractivity contribution in [2.45, 2.75) is 4.90 Å². The predicted octanol–water partition coefficient (Wildman–Crippen LogP) is -4.79. The van der Waals surface area contributed by atoms with Gasteiger partial charge in [-0.25, -0.2) is 16.8 Å². The van der Waals surface area contributed by atoms with E-state index >= 15 is 0 Å². The van der Waals surface area contributed by atoms with Crippen molar-refractivity contribution in [2.75, 3.05) is 5.43 Å². The fourth-order valence-electron chi connectivity index (χ4n) is 2.58. The van der Waals surface area contributed by atoms with Gasteiger partial charge in [0.25, 0.3) is 0 Å². The summed E-state index contributed by atoms with van der Waals surface area (Å²) in [5.41, 5.74) is 0.0753. The van der Waals surface area contributed by atoms with Crippen molar-refractivity contribution < 1.29 is 100 Å². The van der Waals surface area contributed by atoms with Crippen LogP contribution >= 0.6 is 11.6 Å². The van der Waals surface area contributed by atoms with Crippen LogP contribution in [0.4, 0.5) is 5.69 Å². The SMILES string of the molecule is O=C1/C(=N/Nc2cc(Cl)ccc2O)C(S(=O)(=O)[O-])=Cc2cc(S(=O)(=O)[O-])cc(O)c21.[Na+].[Na+]. The van der Waals surface area contributed by atoms with Crippen LogP contribution in [-0.4, -0.2) is 47.6 Å². The Hall–Kier alpha value is -0.970. The van der Waals surface area contributed by atoms with E-state index < -0.39 is 58.4 Å². The van der Waals surface area contributed by atoms with Crippen molar-refractivity contribution in [1.82, 2.24) is 0 Å². The molecule has 0 fully saturated rings. The van der Waals surface area contributed by atoms with Gasteiger partial charge >= 0.3 is 59.1 Å². The fourth-order valence-corrected chi connectivity index (χ4v) is 3.92. The number of benzene rings is 2. The van der Waals surface area contributed by atoms with E-state index in [0.717, 1.165) is 0 Å². The van der Waals surface area contributed by atoms with Gasteiger partial charge in [-0.15, -0.1) is 0 Å². The predicted molar refractivity (Wildman–Crippen MR) is 102 cm³/mol. The summed E-state index contributed by atoms with van der Waals surface area (Å²) in [4.78, 5) is 10.7. The van der Waals surface area contributed by atoms with Crippen LogP contribution < -0.4 is 64.5 Å². The van der Waals surface area contributed by atoms with Crippen LogP contribution in [0, 0.1) is 0 Å². The molecule has 0 amide bonds. The maximum absolute atomic E-state index is 12.7. The molecule has 0 saturated heterocycles. The Morgan fingerprint density at radius 1 is 0.938 bits per heavy atom. The average molecular weight is 519 g/mol. The maximum atomic E-state index is 12.7. The van der Waals surface area contributed by atoms with Crippen LogP contribution in [0.25, 0.3) is 6.08 Å². The number of ketones is 1. The van der Waals surface area contributed by atoms with E-state index in [2.05, 4.69) is 10.5 Å². The Labute approximate surface area is 231 Å². The van der Waals surface area contributed by atoms with Gasteiger partial charge in [0.1, 0.15) is 37.4 Å². The van der Waals surface area contributed by atoms with Crippen molar-refractivity contribution in [1.29, 1.82) is 0 Å². The number of nitrogens with one attached hydrogen (secondary N) is 1. The first kappa shape index (κ1) is 29.1. The Morgan fingerprint density at radius 2 is 1.56 bits per heavy atom. The summed E-state index contributed by atoms with van der Waals surface area (Å²) >= 11 is 5.78. The van der Waals surface area contributed by atoms with E-state index in [-0.39, 0.29) is 75.6 Å². The van der Waals surface area contributed by atoms with Crippen LogP contribution in [-0.2, 0) is 20.2 Å². The zero-order valence-corrected chi connectivity index (χ0v) is 22.7. The number of nitrogens with zero attached hydrogens (tertiary/aromatic N) is 1. The molecule has 1 aliphatic rings. The van der Waals surface area contributed by atoms with Crippen molar-refractivity contribution in [3.05, 3.63) is 51.4 Å². The van der Waals surface area contributed by atoms with Crippen LogP contribution in [0.2, 0.25) is 5.02 Å². The number of halogens is 1.